The number of nitrogens with two attached hydrogens (primary N) is 1. The Bertz CT molecular complexity index is 528. The van der Waals surface area contributed by atoms with E-state index < -0.39 is 0 Å². The van der Waals surface area contributed by atoms with Crippen LogP contribution in [-0.4, -0.2) is 31.3 Å². The van der Waals surface area contributed by atoms with Gasteiger partial charge < -0.3 is 5.73 Å². The molecule has 6 heteroatoms. The number of fused-ring (bicyclic) bond motifs is 1. The van der Waals surface area contributed by atoms with Gasteiger partial charge in [-0.15, -0.1) is 0 Å². The van der Waals surface area contributed by atoms with Crippen LogP contribution in [0.25, 0.3) is 11.2 Å². The fourth-order valence-electron chi connectivity index (χ4n) is 2.23. The Morgan fingerprint density at radius 2 is 2.11 bits per heavy atom. The molecule has 2 rings (SSSR count). The molecule has 0 saturated carbocycles. The van der Waals surface area contributed by atoms with Gasteiger partial charge in [-0.05, 0) is 31.3 Å². The molecule has 0 aromatic carbocycles. The van der Waals surface area contributed by atoms with Gasteiger partial charge >= 0.3 is 0 Å². The van der Waals surface area contributed by atoms with Crippen LogP contribution in [0.5, 0.6) is 0 Å². The first-order chi connectivity index (χ1) is 8.69. The van der Waals surface area contributed by atoms with Crippen LogP contribution in [0.3, 0.4) is 0 Å². The number of imidazole rings is 1. The number of anilines is 1. The minimum Gasteiger partial charge on any atom is -0.369 e. The normalized spacial score (nSPS) is 11.5. The van der Waals surface area contributed by atoms with Gasteiger partial charge in [0.05, 0.1) is 5.69 Å². The van der Waals surface area contributed by atoms with Crippen molar-refractivity contribution in [3.8, 4) is 0 Å². The van der Waals surface area contributed by atoms with E-state index in [2.05, 4.69) is 27.8 Å². The minimum atomic E-state index is 0.608. The average Bonchev–Trinajstić information content (AvgIpc) is 2.83. The summed E-state index contributed by atoms with van der Waals surface area (Å²) in [5.41, 5.74) is 9.05. The van der Waals surface area contributed by atoms with Crippen LogP contribution in [-0.2, 0) is 20.0 Å². The van der Waals surface area contributed by atoms with E-state index in [0.717, 1.165) is 36.2 Å². The standard InChI is InChI=1S/C12H21N5S/c1-4-9-10-11(16(2)15-9)17(12(13)14-10)7-5-6-8-18-3/h4-8H2,1-3H3,(H2,13,14). The van der Waals surface area contributed by atoms with E-state index in [0.29, 0.717) is 5.95 Å². The second-order valence-electron chi connectivity index (χ2n) is 4.42. The highest BCUT2D eigenvalue weighted by molar-refractivity contribution is 7.98. The molecule has 0 spiro atoms. The number of nitrogens with zero attached hydrogens (tertiary/aromatic N) is 4. The molecule has 0 saturated heterocycles. The Kier molecular flexibility index (Phi) is 4.16. The number of nitrogen functional groups attached to an aromatic ring is 1. The highest BCUT2D eigenvalue weighted by Gasteiger charge is 2.16. The molecular formula is C12H21N5S. The van der Waals surface area contributed by atoms with Crippen molar-refractivity contribution in [3.05, 3.63) is 5.69 Å². The number of aryl methyl sites for hydroxylation is 3. The summed E-state index contributed by atoms with van der Waals surface area (Å²) < 4.78 is 3.98. The zero-order valence-electron chi connectivity index (χ0n) is 11.3. The van der Waals surface area contributed by atoms with Gasteiger partial charge in [-0.25, -0.2) is 4.98 Å². The van der Waals surface area contributed by atoms with Crippen molar-refractivity contribution in [3.63, 3.8) is 0 Å². The quantitative estimate of drug-likeness (QED) is 0.814. The largest absolute Gasteiger partial charge is 0.369 e. The molecule has 2 heterocycles. The van der Waals surface area contributed by atoms with Crippen LogP contribution in [0.4, 0.5) is 5.95 Å². The third-order valence-corrected chi connectivity index (χ3v) is 3.83. The molecule has 0 unspecified atom stereocenters. The Hall–Kier alpha value is -1.17. The monoisotopic (exact) mass is 267 g/mol. The first kappa shape index (κ1) is 13.3. The number of hydrogen-bond donors (Lipinski definition) is 1. The minimum absolute atomic E-state index is 0.608. The predicted molar refractivity (Wildman–Crippen MR) is 77.9 cm³/mol. The molecule has 0 atom stereocenters. The number of unbranched alkanes of at least 4 members (excludes halogenated alkanes) is 1. The van der Waals surface area contributed by atoms with Gasteiger partial charge in [-0.3, -0.25) is 9.25 Å². The maximum atomic E-state index is 6.01. The molecule has 0 bridgehead atoms. The molecular weight excluding hydrogens is 246 g/mol. The summed E-state index contributed by atoms with van der Waals surface area (Å²) in [4.78, 5) is 4.46. The van der Waals surface area contributed by atoms with Gasteiger partial charge in [0.15, 0.2) is 5.65 Å². The van der Waals surface area contributed by atoms with Gasteiger partial charge in [0, 0.05) is 13.6 Å². The van der Waals surface area contributed by atoms with Crippen molar-refractivity contribution in [1.29, 1.82) is 0 Å². The molecule has 2 aromatic heterocycles. The van der Waals surface area contributed by atoms with Crippen LogP contribution in [0.15, 0.2) is 0 Å². The molecule has 18 heavy (non-hydrogen) atoms. The van der Waals surface area contributed by atoms with Crippen molar-refractivity contribution in [2.24, 2.45) is 7.05 Å². The predicted octanol–water partition coefficient (Wildman–Crippen LogP) is 2.06. The van der Waals surface area contributed by atoms with Crippen LogP contribution in [0.1, 0.15) is 25.5 Å². The Morgan fingerprint density at radius 3 is 2.78 bits per heavy atom. The Labute approximate surface area is 112 Å². The molecule has 2 N–H and O–H groups in total. The number of thioether (sulfide) groups is 1. The van der Waals surface area contributed by atoms with Crippen LogP contribution in [0.2, 0.25) is 0 Å². The molecule has 0 amide bonds. The topological polar surface area (TPSA) is 61.7 Å². The van der Waals surface area contributed by atoms with Gasteiger partial charge in [-0.2, -0.15) is 16.9 Å². The third kappa shape index (κ3) is 2.34. The van der Waals surface area contributed by atoms with Crippen LogP contribution in [0, 0.1) is 0 Å². The first-order valence-corrected chi connectivity index (χ1v) is 7.75. The number of hydrogen-bond acceptors (Lipinski definition) is 4. The van der Waals surface area contributed by atoms with E-state index in [1.165, 1.54) is 12.2 Å². The molecule has 100 valence electrons. The van der Waals surface area contributed by atoms with E-state index in [4.69, 9.17) is 5.73 Å². The summed E-state index contributed by atoms with van der Waals surface area (Å²) in [6.07, 6.45) is 5.36. The van der Waals surface area contributed by atoms with Crippen molar-refractivity contribution < 1.29 is 0 Å². The average molecular weight is 267 g/mol. The Morgan fingerprint density at radius 1 is 1.33 bits per heavy atom. The van der Waals surface area contributed by atoms with Gasteiger partial charge in [0.2, 0.25) is 5.95 Å². The van der Waals surface area contributed by atoms with Crippen molar-refractivity contribution in [2.45, 2.75) is 32.7 Å². The highest BCUT2D eigenvalue weighted by Crippen LogP contribution is 2.21. The zero-order chi connectivity index (χ0) is 13.1. The fourth-order valence-corrected chi connectivity index (χ4v) is 2.73. The van der Waals surface area contributed by atoms with Gasteiger partial charge in [0.25, 0.3) is 0 Å². The second kappa shape index (κ2) is 5.65. The number of rotatable bonds is 6. The zero-order valence-corrected chi connectivity index (χ0v) is 12.1. The summed E-state index contributed by atoms with van der Waals surface area (Å²) in [6.45, 7) is 3.01. The van der Waals surface area contributed by atoms with Gasteiger partial charge in [0.1, 0.15) is 5.52 Å². The molecule has 5 nitrogen and oxygen atoms in total. The third-order valence-electron chi connectivity index (χ3n) is 3.14. The molecule has 0 fully saturated rings. The van der Waals surface area contributed by atoms with E-state index in [9.17, 15) is 0 Å². The summed E-state index contributed by atoms with van der Waals surface area (Å²) in [5, 5.41) is 4.49. The summed E-state index contributed by atoms with van der Waals surface area (Å²) in [6, 6.07) is 0. The molecule has 0 aliphatic rings. The van der Waals surface area contributed by atoms with E-state index in [1.54, 1.807) is 0 Å². The maximum absolute atomic E-state index is 6.01. The highest BCUT2D eigenvalue weighted by atomic mass is 32.2. The lowest BCUT2D eigenvalue weighted by Crippen LogP contribution is -2.07. The van der Waals surface area contributed by atoms with Crippen LogP contribution < -0.4 is 5.73 Å². The van der Waals surface area contributed by atoms with E-state index in [1.807, 2.05) is 23.5 Å². The second-order valence-corrected chi connectivity index (χ2v) is 5.40. The SMILES string of the molecule is CCc1nn(C)c2c1nc(N)n2CCCCSC. The summed E-state index contributed by atoms with van der Waals surface area (Å²) >= 11 is 1.88. The maximum Gasteiger partial charge on any atom is 0.202 e. The summed E-state index contributed by atoms with van der Waals surface area (Å²) in [7, 11) is 1.96. The smallest absolute Gasteiger partial charge is 0.202 e. The van der Waals surface area contributed by atoms with Crippen molar-refractivity contribution in [2.75, 3.05) is 17.7 Å². The molecule has 0 aliphatic heterocycles. The van der Waals surface area contributed by atoms with Gasteiger partial charge in [-0.1, -0.05) is 6.92 Å². The molecule has 2 aromatic rings. The lowest BCUT2D eigenvalue weighted by molar-refractivity contribution is 0.632. The fraction of sp³-hybridized carbons (Fsp3) is 0.667. The molecule has 0 radical (unpaired) electrons. The lowest BCUT2D eigenvalue weighted by atomic mass is 10.3. The summed E-state index contributed by atoms with van der Waals surface area (Å²) in [5.74, 6) is 1.81. The number of aromatic nitrogens is 4. The van der Waals surface area contributed by atoms with Crippen molar-refractivity contribution >= 4 is 28.9 Å². The van der Waals surface area contributed by atoms with E-state index >= 15 is 0 Å². The van der Waals surface area contributed by atoms with Crippen molar-refractivity contribution in [1.82, 2.24) is 19.3 Å². The van der Waals surface area contributed by atoms with E-state index in [-0.39, 0.29) is 0 Å². The molecule has 0 aliphatic carbocycles. The lowest BCUT2D eigenvalue weighted by Gasteiger charge is -2.06. The van der Waals surface area contributed by atoms with Crippen LogP contribution >= 0.6 is 11.8 Å². The first-order valence-electron chi connectivity index (χ1n) is 6.35. The Balaban J connectivity index is 2.26.